The third kappa shape index (κ3) is 5.40. The molecule has 5 aromatic rings. The Kier molecular flexibility index (Phi) is 6.69. The van der Waals surface area contributed by atoms with Crippen LogP contribution in [-0.2, 0) is 6.18 Å². The van der Waals surface area contributed by atoms with E-state index in [2.05, 4.69) is 20.3 Å². The van der Waals surface area contributed by atoms with E-state index >= 15 is 0 Å². The highest BCUT2D eigenvalue weighted by molar-refractivity contribution is 6.05. The van der Waals surface area contributed by atoms with Crippen LogP contribution in [0.2, 0.25) is 0 Å². The number of methoxy groups -OCH3 is 1. The summed E-state index contributed by atoms with van der Waals surface area (Å²) in [5.74, 6) is 0.127. The quantitative estimate of drug-likeness (QED) is 0.252. The molecule has 0 unspecified atom stereocenters. The van der Waals surface area contributed by atoms with Crippen LogP contribution < -0.4 is 10.1 Å². The zero-order valence-corrected chi connectivity index (χ0v) is 21.3. The fraction of sp³-hybridized carbons (Fsp3) is 0.138. The average molecular weight is 532 g/mol. The van der Waals surface area contributed by atoms with E-state index in [0.717, 1.165) is 34.2 Å². The molecule has 198 valence electrons. The first-order valence-electron chi connectivity index (χ1n) is 12.0. The minimum Gasteiger partial charge on any atom is -0.495 e. The molecule has 0 fully saturated rings. The van der Waals surface area contributed by atoms with Crippen molar-refractivity contribution in [3.63, 3.8) is 0 Å². The number of hydrogen-bond donors (Lipinski definition) is 2. The minimum atomic E-state index is -4.59. The van der Waals surface area contributed by atoms with Crippen LogP contribution >= 0.6 is 0 Å². The van der Waals surface area contributed by atoms with Crippen LogP contribution in [0.25, 0.3) is 28.9 Å². The Labute approximate surface area is 222 Å². The van der Waals surface area contributed by atoms with Crippen molar-refractivity contribution in [3.8, 4) is 11.4 Å². The molecular weight excluding hydrogens is 507 g/mol. The smallest absolute Gasteiger partial charge is 0.416 e. The van der Waals surface area contributed by atoms with Crippen molar-refractivity contribution in [1.29, 1.82) is 0 Å². The molecule has 0 saturated heterocycles. The number of nitrogens with one attached hydrogen (secondary N) is 2. The van der Waals surface area contributed by atoms with Crippen LogP contribution in [0.15, 0.2) is 67.4 Å². The van der Waals surface area contributed by atoms with Gasteiger partial charge in [-0.1, -0.05) is 12.1 Å². The number of rotatable bonds is 6. The molecule has 0 aliphatic heterocycles. The molecular formula is C29H24F3N5O2. The number of carbonyl (C=O) groups is 1. The molecule has 2 aromatic carbocycles. The lowest BCUT2D eigenvalue weighted by atomic mass is 10.0. The van der Waals surface area contributed by atoms with Gasteiger partial charge in [0.25, 0.3) is 5.91 Å². The molecule has 0 aliphatic carbocycles. The standard InChI is InChI=1S/C29H24F3N5O2/c1-17-4-5-20(10-19(17)6-7-21-14-34-27-25(8-9-33-27)26(21)39-3)28(38)36-23-11-22(29(30,31)32)12-24(13-23)37-15-18(2)35-16-37/h4-16H,1-3H3,(H,33,34)(H,36,38). The van der Waals surface area contributed by atoms with E-state index in [1.807, 2.05) is 25.1 Å². The molecule has 0 spiro atoms. The van der Waals surface area contributed by atoms with Crippen molar-refractivity contribution < 1.29 is 22.7 Å². The van der Waals surface area contributed by atoms with Crippen LogP contribution in [0.1, 0.15) is 38.3 Å². The second-order valence-corrected chi connectivity index (χ2v) is 9.03. The monoisotopic (exact) mass is 531 g/mol. The van der Waals surface area contributed by atoms with Crippen molar-refractivity contribution in [2.45, 2.75) is 20.0 Å². The Morgan fingerprint density at radius 3 is 2.56 bits per heavy atom. The summed E-state index contributed by atoms with van der Waals surface area (Å²) in [7, 11) is 1.59. The van der Waals surface area contributed by atoms with Crippen molar-refractivity contribution >= 4 is 34.8 Å². The molecule has 1 amide bonds. The third-order valence-corrected chi connectivity index (χ3v) is 6.27. The number of H-pyrrole nitrogens is 1. The molecule has 0 atom stereocenters. The van der Waals surface area contributed by atoms with Crippen LogP contribution in [0.5, 0.6) is 5.75 Å². The topological polar surface area (TPSA) is 84.8 Å². The van der Waals surface area contributed by atoms with Crippen molar-refractivity contribution in [3.05, 3.63) is 101 Å². The molecule has 0 saturated carbocycles. The Bertz CT molecular complexity index is 1720. The highest BCUT2D eigenvalue weighted by atomic mass is 19.4. The minimum absolute atomic E-state index is 0.0180. The number of anilines is 1. The van der Waals surface area contributed by atoms with E-state index in [1.165, 1.54) is 17.0 Å². The van der Waals surface area contributed by atoms with Gasteiger partial charge in [-0.05, 0) is 67.4 Å². The number of benzene rings is 2. The normalized spacial score (nSPS) is 11.8. The van der Waals surface area contributed by atoms with Gasteiger partial charge in [0.1, 0.15) is 11.4 Å². The maximum atomic E-state index is 13.6. The first-order valence-corrected chi connectivity index (χ1v) is 12.0. The maximum absolute atomic E-state index is 13.6. The van der Waals surface area contributed by atoms with Gasteiger partial charge in [-0.25, -0.2) is 9.97 Å². The number of alkyl halides is 3. The van der Waals surface area contributed by atoms with Crippen LogP contribution in [0.3, 0.4) is 0 Å². The fourth-order valence-corrected chi connectivity index (χ4v) is 4.25. The van der Waals surface area contributed by atoms with E-state index in [1.54, 1.807) is 50.8 Å². The van der Waals surface area contributed by atoms with Crippen molar-refractivity contribution in [2.24, 2.45) is 0 Å². The van der Waals surface area contributed by atoms with Crippen LogP contribution in [0.4, 0.5) is 18.9 Å². The summed E-state index contributed by atoms with van der Waals surface area (Å²) < 4.78 is 47.9. The van der Waals surface area contributed by atoms with Gasteiger partial charge in [0.2, 0.25) is 0 Å². The Morgan fingerprint density at radius 1 is 1.05 bits per heavy atom. The number of aromatic amines is 1. The van der Waals surface area contributed by atoms with Gasteiger partial charge in [-0.15, -0.1) is 0 Å². The van der Waals surface area contributed by atoms with Crippen LogP contribution in [-0.4, -0.2) is 32.5 Å². The third-order valence-electron chi connectivity index (χ3n) is 6.27. The molecule has 5 rings (SSSR count). The highest BCUT2D eigenvalue weighted by Crippen LogP contribution is 2.33. The predicted molar refractivity (Wildman–Crippen MR) is 144 cm³/mol. The summed E-state index contributed by atoms with van der Waals surface area (Å²) in [6.07, 6.45) is 5.59. The number of fused-ring (bicyclic) bond motifs is 1. The molecule has 0 radical (unpaired) electrons. The van der Waals surface area contributed by atoms with Crippen molar-refractivity contribution in [1.82, 2.24) is 19.5 Å². The summed E-state index contributed by atoms with van der Waals surface area (Å²) in [5.41, 5.74) is 3.45. The van der Waals surface area contributed by atoms with Gasteiger partial charge < -0.3 is 19.6 Å². The first-order chi connectivity index (χ1) is 18.6. The van der Waals surface area contributed by atoms with E-state index in [-0.39, 0.29) is 11.4 Å². The Morgan fingerprint density at radius 2 is 1.85 bits per heavy atom. The van der Waals surface area contributed by atoms with E-state index in [0.29, 0.717) is 22.7 Å². The van der Waals surface area contributed by atoms with Crippen molar-refractivity contribution in [2.75, 3.05) is 12.4 Å². The summed E-state index contributed by atoms with van der Waals surface area (Å²) >= 11 is 0. The number of nitrogens with zero attached hydrogens (tertiary/aromatic N) is 3. The van der Waals surface area contributed by atoms with Gasteiger partial charge in [-0.3, -0.25) is 4.79 Å². The molecule has 0 aliphatic rings. The molecule has 39 heavy (non-hydrogen) atoms. The summed E-state index contributed by atoms with van der Waals surface area (Å²) in [4.78, 5) is 24.6. The summed E-state index contributed by atoms with van der Waals surface area (Å²) in [6, 6.07) is 10.4. The highest BCUT2D eigenvalue weighted by Gasteiger charge is 2.31. The molecule has 10 heteroatoms. The van der Waals surface area contributed by atoms with E-state index in [9.17, 15) is 18.0 Å². The number of halogens is 3. The Balaban J connectivity index is 1.44. The number of imidazole rings is 1. The number of amides is 1. The largest absolute Gasteiger partial charge is 0.495 e. The number of aryl methyl sites for hydroxylation is 2. The maximum Gasteiger partial charge on any atom is 0.416 e. The zero-order chi connectivity index (χ0) is 27.7. The molecule has 0 bridgehead atoms. The lowest BCUT2D eigenvalue weighted by molar-refractivity contribution is -0.137. The average Bonchev–Trinajstić information content (AvgIpc) is 3.56. The number of pyridine rings is 1. The molecule has 3 aromatic heterocycles. The fourth-order valence-electron chi connectivity index (χ4n) is 4.25. The zero-order valence-electron chi connectivity index (χ0n) is 21.3. The second-order valence-electron chi connectivity index (χ2n) is 9.03. The van der Waals surface area contributed by atoms with Gasteiger partial charge >= 0.3 is 6.18 Å². The van der Waals surface area contributed by atoms with E-state index < -0.39 is 17.6 Å². The van der Waals surface area contributed by atoms with Crippen LogP contribution in [0, 0.1) is 13.8 Å². The van der Waals surface area contributed by atoms with E-state index in [4.69, 9.17) is 4.74 Å². The molecule has 2 N–H and O–H groups in total. The summed E-state index contributed by atoms with van der Waals surface area (Å²) in [6.45, 7) is 3.64. The lowest BCUT2D eigenvalue weighted by Crippen LogP contribution is -2.14. The molecule has 7 nitrogen and oxygen atoms in total. The number of hydrogen-bond acceptors (Lipinski definition) is 4. The van der Waals surface area contributed by atoms with Gasteiger partial charge in [0, 0.05) is 41.1 Å². The van der Waals surface area contributed by atoms with Gasteiger partial charge in [0.15, 0.2) is 0 Å². The first kappa shape index (κ1) is 25.8. The summed E-state index contributed by atoms with van der Waals surface area (Å²) in [5, 5.41) is 3.46. The van der Waals surface area contributed by atoms with Gasteiger partial charge in [-0.2, -0.15) is 13.2 Å². The molecule has 3 heterocycles. The number of ether oxygens (including phenoxy) is 1. The Hall–Kier alpha value is -4.86. The lowest BCUT2D eigenvalue weighted by Gasteiger charge is -2.14. The number of aromatic nitrogens is 4. The number of carbonyl (C=O) groups excluding carboxylic acids is 1. The SMILES string of the molecule is COc1c(C=Cc2cc(C(=O)Nc3cc(-n4cnc(C)c4)cc(C(F)(F)F)c3)ccc2C)cnc2[nH]ccc12. The van der Waals surface area contributed by atoms with Gasteiger partial charge in [0.05, 0.1) is 30.1 Å². The second kappa shape index (κ2) is 10.1. The predicted octanol–water partition coefficient (Wildman–Crippen LogP) is 6.82.